The van der Waals surface area contributed by atoms with Crippen molar-refractivity contribution in [1.82, 2.24) is 10.3 Å². The molecular formula is C22H37N5O. The van der Waals surface area contributed by atoms with Gasteiger partial charge >= 0.3 is 0 Å². The lowest BCUT2D eigenvalue weighted by Gasteiger charge is -2.35. The number of amides is 1. The van der Waals surface area contributed by atoms with Crippen molar-refractivity contribution in [2.75, 3.05) is 25.0 Å². The van der Waals surface area contributed by atoms with Gasteiger partial charge in [0, 0.05) is 32.0 Å². The van der Waals surface area contributed by atoms with Crippen molar-refractivity contribution >= 4 is 22.6 Å². The SMILES string of the molecule is CCCC(C)NC1CCN(c2nc3ccc(C)cc3cc2C(N)=O)CC1.CN.[HH]. The predicted molar refractivity (Wildman–Crippen MR) is 120 cm³/mol. The molecule has 5 N–H and O–H groups in total. The first-order valence-corrected chi connectivity index (χ1v) is 10.3. The summed E-state index contributed by atoms with van der Waals surface area (Å²) in [6, 6.07) is 9.09. The number of fused-ring (bicyclic) bond motifs is 1. The molecule has 1 saturated heterocycles. The van der Waals surface area contributed by atoms with Gasteiger partial charge in [-0.1, -0.05) is 25.0 Å². The van der Waals surface area contributed by atoms with Crippen LogP contribution in [0.25, 0.3) is 10.9 Å². The van der Waals surface area contributed by atoms with Crippen molar-refractivity contribution in [3.8, 4) is 0 Å². The average Bonchev–Trinajstić information content (AvgIpc) is 2.69. The number of rotatable bonds is 6. The van der Waals surface area contributed by atoms with E-state index in [1.54, 1.807) is 0 Å². The first kappa shape index (κ1) is 22.1. The molecule has 1 aromatic carbocycles. The Morgan fingerprint density at radius 3 is 2.61 bits per heavy atom. The number of nitrogens with zero attached hydrogens (tertiary/aromatic N) is 2. The standard InChI is InChI=1S/C21H30N4O.CH5N.H2/c1-4-5-15(3)23-17-8-10-25(11-9-17)21-18(20(22)26)13-16-12-14(2)6-7-19(16)24-21;1-2;/h6-7,12-13,15,17,23H,4-5,8-11H2,1-3H3,(H2,22,26);2H2,1H3;1H. The number of carbonyl (C=O) groups excluding carboxylic acids is 1. The Morgan fingerprint density at radius 1 is 1.32 bits per heavy atom. The number of anilines is 1. The van der Waals surface area contributed by atoms with Gasteiger partial charge in [0.05, 0.1) is 11.1 Å². The molecule has 3 rings (SSSR count). The monoisotopic (exact) mass is 387 g/mol. The zero-order valence-electron chi connectivity index (χ0n) is 17.7. The van der Waals surface area contributed by atoms with Gasteiger partial charge in [-0.2, -0.15) is 0 Å². The van der Waals surface area contributed by atoms with Gasteiger partial charge in [-0.15, -0.1) is 0 Å². The molecule has 0 aliphatic carbocycles. The Kier molecular flexibility index (Phi) is 8.20. The molecule has 1 unspecified atom stereocenters. The number of hydrogen-bond donors (Lipinski definition) is 3. The van der Waals surface area contributed by atoms with Crippen molar-refractivity contribution in [2.24, 2.45) is 11.5 Å². The molecule has 6 nitrogen and oxygen atoms in total. The van der Waals surface area contributed by atoms with Gasteiger partial charge in [0.15, 0.2) is 0 Å². The third-order valence-corrected chi connectivity index (χ3v) is 5.25. The second-order valence-corrected chi connectivity index (χ2v) is 7.54. The van der Waals surface area contributed by atoms with E-state index in [-0.39, 0.29) is 1.43 Å². The summed E-state index contributed by atoms with van der Waals surface area (Å²) in [6.45, 7) is 8.30. The highest BCUT2D eigenvalue weighted by Gasteiger charge is 2.24. The maximum absolute atomic E-state index is 12.0. The third kappa shape index (κ3) is 5.42. The normalized spacial score (nSPS) is 15.8. The highest BCUT2D eigenvalue weighted by atomic mass is 16.1. The molecule has 1 aromatic heterocycles. The number of pyridine rings is 1. The molecule has 0 bridgehead atoms. The van der Waals surface area contributed by atoms with Gasteiger partial charge < -0.3 is 21.7 Å². The van der Waals surface area contributed by atoms with Crippen molar-refractivity contribution in [2.45, 2.75) is 58.5 Å². The van der Waals surface area contributed by atoms with Crippen LogP contribution in [0.15, 0.2) is 24.3 Å². The van der Waals surface area contributed by atoms with Crippen LogP contribution in [0.2, 0.25) is 0 Å². The van der Waals surface area contributed by atoms with E-state index >= 15 is 0 Å². The largest absolute Gasteiger partial charge is 0.365 e. The van der Waals surface area contributed by atoms with Crippen molar-refractivity contribution in [3.63, 3.8) is 0 Å². The number of carbonyl (C=O) groups is 1. The van der Waals surface area contributed by atoms with Gasteiger partial charge in [-0.3, -0.25) is 4.79 Å². The molecule has 1 amide bonds. The predicted octanol–water partition coefficient (Wildman–Crippen LogP) is 3.21. The van der Waals surface area contributed by atoms with Crippen LogP contribution in [0.4, 0.5) is 5.82 Å². The molecule has 6 heteroatoms. The highest BCUT2D eigenvalue weighted by Crippen LogP contribution is 2.27. The second-order valence-electron chi connectivity index (χ2n) is 7.54. The topological polar surface area (TPSA) is 97.3 Å². The molecule has 1 aliphatic heterocycles. The number of aromatic nitrogens is 1. The van der Waals surface area contributed by atoms with E-state index in [1.165, 1.54) is 19.9 Å². The van der Waals surface area contributed by atoms with Crippen molar-refractivity contribution < 1.29 is 6.22 Å². The number of hydrogen-bond acceptors (Lipinski definition) is 5. The van der Waals surface area contributed by atoms with Crippen molar-refractivity contribution in [1.29, 1.82) is 0 Å². The zero-order chi connectivity index (χ0) is 20.7. The molecule has 0 radical (unpaired) electrons. The van der Waals surface area contributed by atoms with Gasteiger partial charge in [0.25, 0.3) is 5.91 Å². The minimum absolute atomic E-state index is 0. The van der Waals surface area contributed by atoms with E-state index < -0.39 is 5.91 Å². The maximum Gasteiger partial charge on any atom is 0.252 e. The summed E-state index contributed by atoms with van der Waals surface area (Å²) in [5.41, 5.74) is 12.7. The van der Waals surface area contributed by atoms with E-state index in [0.29, 0.717) is 17.6 Å². The van der Waals surface area contributed by atoms with Crippen LogP contribution < -0.4 is 21.7 Å². The molecule has 1 fully saturated rings. The summed E-state index contributed by atoms with van der Waals surface area (Å²) in [7, 11) is 1.50. The Hall–Kier alpha value is -2.18. The number of nitrogens with two attached hydrogens (primary N) is 2. The van der Waals surface area contributed by atoms with E-state index in [4.69, 9.17) is 10.7 Å². The average molecular weight is 388 g/mol. The van der Waals surface area contributed by atoms with Gasteiger partial charge in [-0.25, -0.2) is 4.98 Å². The lowest BCUT2D eigenvalue weighted by molar-refractivity contribution is 0.100. The molecule has 2 aromatic rings. The fourth-order valence-electron chi connectivity index (χ4n) is 3.88. The van der Waals surface area contributed by atoms with Gasteiger partial charge in [-0.05, 0) is 58.4 Å². The van der Waals surface area contributed by atoms with Gasteiger partial charge in [0.2, 0.25) is 0 Å². The summed E-state index contributed by atoms with van der Waals surface area (Å²) in [4.78, 5) is 19.0. The molecule has 156 valence electrons. The summed E-state index contributed by atoms with van der Waals surface area (Å²) < 4.78 is 0. The Morgan fingerprint density at radius 2 is 2.00 bits per heavy atom. The van der Waals surface area contributed by atoms with Gasteiger partial charge in [0.1, 0.15) is 5.82 Å². The summed E-state index contributed by atoms with van der Waals surface area (Å²) in [6.07, 6.45) is 4.52. The van der Waals surface area contributed by atoms with Crippen LogP contribution in [0, 0.1) is 6.92 Å². The fourth-order valence-corrected chi connectivity index (χ4v) is 3.88. The minimum Gasteiger partial charge on any atom is -0.365 e. The maximum atomic E-state index is 12.0. The van der Waals surface area contributed by atoms with Crippen molar-refractivity contribution in [3.05, 3.63) is 35.4 Å². The summed E-state index contributed by atoms with van der Waals surface area (Å²) in [5.74, 6) is 0.321. The Labute approximate surface area is 170 Å². The van der Waals surface area contributed by atoms with Crippen LogP contribution in [0.1, 0.15) is 56.9 Å². The molecule has 1 aliphatic rings. The lowest BCUT2D eigenvalue weighted by atomic mass is 10.0. The van der Waals surface area contributed by atoms with Crippen LogP contribution in [0.5, 0.6) is 0 Å². The molecule has 0 saturated carbocycles. The smallest absolute Gasteiger partial charge is 0.252 e. The van der Waals surface area contributed by atoms with Crippen LogP contribution >= 0.6 is 0 Å². The first-order valence-electron chi connectivity index (χ1n) is 10.3. The van der Waals surface area contributed by atoms with Crippen LogP contribution in [-0.4, -0.2) is 43.1 Å². The Bertz CT molecular complexity index is 790. The van der Waals surface area contributed by atoms with Crippen LogP contribution in [-0.2, 0) is 0 Å². The van der Waals surface area contributed by atoms with E-state index in [1.807, 2.05) is 31.2 Å². The minimum atomic E-state index is -0.410. The van der Waals surface area contributed by atoms with E-state index in [9.17, 15) is 4.79 Å². The molecular weight excluding hydrogens is 350 g/mol. The summed E-state index contributed by atoms with van der Waals surface area (Å²) >= 11 is 0. The lowest BCUT2D eigenvalue weighted by Crippen LogP contribution is -2.46. The number of aryl methyl sites for hydroxylation is 1. The second kappa shape index (κ2) is 10.4. The van der Waals surface area contributed by atoms with Crippen LogP contribution in [0.3, 0.4) is 0 Å². The molecule has 28 heavy (non-hydrogen) atoms. The molecule has 0 spiro atoms. The molecule has 1 atom stereocenters. The molecule has 2 heterocycles. The fraction of sp³-hybridized carbons (Fsp3) is 0.545. The Balaban J connectivity index is 0.00000136. The quantitative estimate of drug-likeness (QED) is 0.707. The number of piperidine rings is 1. The summed E-state index contributed by atoms with van der Waals surface area (Å²) in [5, 5.41) is 4.69. The highest BCUT2D eigenvalue weighted by molar-refractivity contribution is 6.01. The number of benzene rings is 1. The van der Waals surface area contributed by atoms with E-state index in [0.717, 1.165) is 48.2 Å². The zero-order valence-corrected chi connectivity index (χ0v) is 17.7. The first-order chi connectivity index (χ1) is 13.5. The van der Waals surface area contributed by atoms with E-state index in [2.05, 4.69) is 29.8 Å². The third-order valence-electron chi connectivity index (χ3n) is 5.25. The number of nitrogens with one attached hydrogen (secondary N) is 1. The number of primary amides is 1.